The van der Waals surface area contributed by atoms with Crippen molar-refractivity contribution in [3.8, 4) is 0 Å². The molecule has 2 nitrogen and oxygen atoms in total. The summed E-state index contributed by atoms with van der Waals surface area (Å²) in [6.45, 7) is 19.4. The Balaban J connectivity index is 3.36. The summed E-state index contributed by atoms with van der Waals surface area (Å²) >= 11 is 0. The van der Waals surface area contributed by atoms with Crippen LogP contribution >= 0.6 is 0 Å². The fraction of sp³-hybridized carbons (Fsp3) is 1.00. The minimum atomic E-state index is 0.251. The van der Waals surface area contributed by atoms with Gasteiger partial charge in [0.2, 0.25) is 0 Å². The van der Waals surface area contributed by atoms with Crippen LogP contribution in [0.3, 0.4) is 0 Å². The minimum Gasteiger partial charge on any atom is -0.317 e. The van der Waals surface area contributed by atoms with Gasteiger partial charge < -0.3 is 10.6 Å². The van der Waals surface area contributed by atoms with Crippen LogP contribution in [0.1, 0.15) is 67.7 Å². The molecule has 0 amide bonds. The van der Waals surface area contributed by atoms with Gasteiger partial charge in [0.1, 0.15) is 0 Å². The molecule has 0 saturated heterocycles. The highest BCUT2D eigenvalue weighted by Gasteiger charge is 2.14. The normalized spacial score (nSPS) is 14.8. The van der Waals surface area contributed by atoms with Crippen molar-refractivity contribution in [3.63, 3.8) is 0 Å². The van der Waals surface area contributed by atoms with Gasteiger partial charge in [0, 0.05) is 5.54 Å². The Hall–Kier alpha value is -0.0800. The monoisotopic (exact) mass is 256 g/mol. The van der Waals surface area contributed by atoms with Crippen molar-refractivity contribution < 1.29 is 0 Å². The summed E-state index contributed by atoms with van der Waals surface area (Å²) in [5.74, 6) is 0.824. The Morgan fingerprint density at radius 3 is 2.00 bits per heavy atom. The van der Waals surface area contributed by atoms with E-state index in [1.54, 1.807) is 0 Å². The van der Waals surface area contributed by atoms with Crippen molar-refractivity contribution in [1.29, 1.82) is 0 Å². The zero-order valence-corrected chi connectivity index (χ0v) is 13.8. The minimum absolute atomic E-state index is 0.251. The van der Waals surface area contributed by atoms with E-state index < -0.39 is 0 Å². The van der Waals surface area contributed by atoms with Crippen molar-refractivity contribution in [2.45, 2.75) is 73.3 Å². The van der Waals surface area contributed by atoms with Crippen LogP contribution in [-0.2, 0) is 0 Å². The lowest BCUT2D eigenvalue weighted by atomic mass is 9.84. The second kappa shape index (κ2) is 8.16. The highest BCUT2D eigenvalue weighted by Crippen LogP contribution is 2.25. The summed E-state index contributed by atoms with van der Waals surface area (Å²) in [6, 6.07) is 0. The van der Waals surface area contributed by atoms with Gasteiger partial charge in [-0.3, -0.25) is 0 Å². The van der Waals surface area contributed by atoms with Crippen molar-refractivity contribution in [2.75, 3.05) is 19.6 Å². The van der Waals surface area contributed by atoms with Gasteiger partial charge in [0.05, 0.1) is 0 Å². The maximum Gasteiger partial charge on any atom is 0.00965 e. The number of nitrogens with one attached hydrogen (secondary N) is 2. The summed E-state index contributed by atoms with van der Waals surface area (Å²) in [4.78, 5) is 0. The first-order valence-electron chi connectivity index (χ1n) is 7.56. The molecule has 0 aliphatic heterocycles. The van der Waals surface area contributed by atoms with E-state index in [0.717, 1.165) is 25.6 Å². The van der Waals surface area contributed by atoms with E-state index >= 15 is 0 Å². The van der Waals surface area contributed by atoms with Crippen molar-refractivity contribution in [3.05, 3.63) is 0 Å². The van der Waals surface area contributed by atoms with Gasteiger partial charge in [-0.15, -0.1) is 0 Å². The van der Waals surface area contributed by atoms with Crippen LogP contribution in [0, 0.1) is 11.3 Å². The molecule has 110 valence electrons. The quantitative estimate of drug-likeness (QED) is 0.645. The molecule has 0 spiro atoms. The molecule has 0 saturated carbocycles. The highest BCUT2D eigenvalue weighted by atomic mass is 14.9. The predicted octanol–water partition coefficient (Wildman–Crippen LogP) is 3.82. The van der Waals surface area contributed by atoms with E-state index in [-0.39, 0.29) is 5.54 Å². The van der Waals surface area contributed by atoms with Gasteiger partial charge in [0.15, 0.2) is 0 Å². The zero-order chi connectivity index (χ0) is 14.2. The third-order valence-electron chi connectivity index (χ3n) is 2.96. The zero-order valence-electron chi connectivity index (χ0n) is 13.8. The Morgan fingerprint density at radius 2 is 1.50 bits per heavy atom. The average Bonchev–Trinajstić information content (AvgIpc) is 2.11. The smallest absolute Gasteiger partial charge is 0.00965 e. The van der Waals surface area contributed by atoms with Crippen molar-refractivity contribution >= 4 is 0 Å². The lowest BCUT2D eigenvalue weighted by molar-refractivity contribution is 0.294. The van der Waals surface area contributed by atoms with E-state index in [4.69, 9.17) is 0 Å². The first-order chi connectivity index (χ1) is 8.10. The topological polar surface area (TPSA) is 24.1 Å². The maximum atomic E-state index is 3.55. The Labute approximate surface area is 115 Å². The summed E-state index contributed by atoms with van der Waals surface area (Å²) in [5, 5.41) is 7.06. The Morgan fingerprint density at radius 1 is 0.889 bits per heavy atom. The van der Waals surface area contributed by atoms with Gasteiger partial charge in [-0.25, -0.2) is 0 Å². The van der Waals surface area contributed by atoms with Crippen LogP contribution in [0.15, 0.2) is 0 Å². The van der Waals surface area contributed by atoms with Crippen LogP contribution in [0.2, 0.25) is 0 Å². The summed E-state index contributed by atoms with van der Waals surface area (Å²) in [6.07, 6.45) is 3.83. The lowest BCUT2D eigenvalue weighted by Gasteiger charge is -2.23. The van der Waals surface area contributed by atoms with Gasteiger partial charge >= 0.3 is 0 Å². The van der Waals surface area contributed by atoms with Crippen LogP contribution < -0.4 is 10.6 Å². The number of rotatable bonds is 8. The second-order valence-electron chi connectivity index (χ2n) is 7.94. The molecule has 2 heteroatoms. The number of hydrogen-bond donors (Lipinski definition) is 2. The molecular formula is C16H36N2. The summed E-state index contributed by atoms with van der Waals surface area (Å²) in [5.41, 5.74) is 0.720. The van der Waals surface area contributed by atoms with Crippen LogP contribution in [0.4, 0.5) is 0 Å². The third-order valence-corrected chi connectivity index (χ3v) is 2.96. The molecule has 0 aromatic heterocycles. The fourth-order valence-corrected chi connectivity index (χ4v) is 2.30. The van der Waals surface area contributed by atoms with E-state index in [9.17, 15) is 0 Å². The average molecular weight is 256 g/mol. The third kappa shape index (κ3) is 14.0. The van der Waals surface area contributed by atoms with Gasteiger partial charge in [0.25, 0.3) is 0 Å². The molecule has 1 atom stereocenters. The molecule has 0 aromatic carbocycles. The molecule has 1 unspecified atom stereocenters. The molecular weight excluding hydrogens is 220 g/mol. The van der Waals surface area contributed by atoms with Gasteiger partial charge in [-0.2, -0.15) is 0 Å². The van der Waals surface area contributed by atoms with Crippen LogP contribution in [0.25, 0.3) is 0 Å². The maximum absolute atomic E-state index is 3.55. The molecule has 0 aromatic rings. The lowest BCUT2D eigenvalue weighted by Crippen LogP contribution is -2.37. The number of hydrogen-bond acceptors (Lipinski definition) is 2. The molecule has 18 heavy (non-hydrogen) atoms. The molecule has 0 rings (SSSR count). The second-order valence-corrected chi connectivity index (χ2v) is 7.94. The van der Waals surface area contributed by atoms with E-state index in [2.05, 4.69) is 59.1 Å². The Bertz CT molecular complexity index is 198. The molecule has 0 radical (unpaired) electrons. The molecule has 2 N–H and O–H groups in total. The first kappa shape index (κ1) is 17.9. The van der Waals surface area contributed by atoms with Gasteiger partial charge in [-0.05, 0) is 71.0 Å². The largest absolute Gasteiger partial charge is 0.317 e. The van der Waals surface area contributed by atoms with E-state index in [1.165, 1.54) is 19.3 Å². The molecule has 0 fully saturated rings. The molecule has 0 bridgehead atoms. The van der Waals surface area contributed by atoms with Crippen LogP contribution in [0.5, 0.6) is 0 Å². The van der Waals surface area contributed by atoms with E-state index in [1.807, 2.05) is 0 Å². The van der Waals surface area contributed by atoms with Crippen molar-refractivity contribution in [2.24, 2.45) is 11.3 Å². The van der Waals surface area contributed by atoms with E-state index in [0.29, 0.717) is 5.41 Å². The Kier molecular flexibility index (Phi) is 8.13. The first-order valence-corrected chi connectivity index (χ1v) is 7.56. The fourth-order valence-electron chi connectivity index (χ4n) is 2.30. The molecule has 0 aliphatic carbocycles. The van der Waals surface area contributed by atoms with Gasteiger partial charge in [-0.1, -0.05) is 27.7 Å². The molecule has 0 heterocycles. The highest BCUT2D eigenvalue weighted by molar-refractivity contribution is 4.70. The van der Waals surface area contributed by atoms with Crippen LogP contribution in [-0.4, -0.2) is 25.2 Å². The standard InChI is InChI=1S/C16H36N2/c1-14(13-15(2,3)4)9-12-17-10-8-11-18-16(5,6)7/h14,17-18H,8-13H2,1-7H3. The predicted molar refractivity (Wildman–Crippen MR) is 83.1 cm³/mol. The summed E-state index contributed by atoms with van der Waals surface area (Å²) in [7, 11) is 0. The SMILES string of the molecule is CC(CCNCCCNC(C)(C)C)CC(C)(C)C. The van der Waals surface area contributed by atoms with Crippen molar-refractivity contribution in [1.82, 2.24) is 10.6 Å². The molecule has 0 aliphatic rings. The summed E-state index contributed by atoms with van der Waals surface area (Å²) < 4.78 is 0.